The molecule has 0 spiro atoms. The van der Waals surface area contributed by atoms with Crippen LogP contribution in [0.15, 0.2) is 52.9 Å². The molecule has 29 heavy (non-hydrogen) atoms. The molecule has 146 valence electrons. The fourth-order valence-corrected chi connectivity index (χ4v) is 4.63. The van der Waals surface area contributed by atoms with Gasteiger partial charge in [0.1, 0.15) is 5.82 Å². The molecule has 6 nitrogen and oxygen atoms in total. The summed E-state index contributed by atoms with van der Waals surface area (Å²) in [6, 6.07) is 15.3. The molecule has 5 rings (SSSR count). The molecule has 4 aromatic rings. The number of nitrogens with zero attached hydrogens (tertiary/aromatic N) is 2. The summed E-state index contributed by atoms with van der Waals surface area (Å²) < 4.78 is 13.0. The van der Waals surface area contributed by atoms with Crippen LogP contribution in [-0.2, 0) is 11.5 Å². The summed E-state index contributed by atoms with van der Waals surface area (Å²) in [6.45, 7) is 2.04. The number of furan rings is 1. The SMILES string of the molecule is COc1cccc2cc(C(=O)Nc3c4c(nn3-c3ccccc3C)CSC4)oc12. The molecule has 2 aromatic heterocycles. The Kier molecular flexibility index (Phi) is 4.32. The fourth-order valence-electron chi connectivity index (χ4n) is 3.59. The number of rotatable bonds is 4. The number of carbonyl (C=O) groups excluding carboxylic acids is 1. The normalized spacial score (nSPS) is 12.9. The number of carbonyl (C=O) groups is 1. The number of fused-ring (bicyclic) bond motifs is 2. The predicted molar refractivity (Wildman–Crippen MR) is 114 cm³/mol. The van der Waals surface area contributed by atoms with Crippen LogP contribution < -0.4 is 10.1 Å². The molecule has 0 saturated carbocycles. The molecule has 1 aliphatic rings. The second-order valence-corrected chi connectivity index (χ2v) is 7.89. The number of benzene rings is 2. The number of anilines is 1. The van der Waals surface area contributed by atoms with Crippen LogP contribution in [0.3, 0.4) is 0 Å². The maximum atomic E-state index is 13.1. The second-order valence-electron chi connectivity index (χ2n) is 6.91. The number of aryl methyl sites for hydroxylation is 1. The van der Waals surface area contributed by atoms with E-state index in [0.717, 1.165) is 39.4 Å². The molecule has 1 amide bonds. The van der Waals surface area contributed by atoms with E-state index < -0.39 is 0 Å². The molecule has 0 atom stereocenters. The van der Waals surface area contributed by atoms with Crippen molar-refractivity contribution in [1.29, 1.82) is 0 Å². The first-order chi connectivity index (χ1) is 14.2. The van der Waals surface area contributed by atoms with Crippen molar-refractivity contribution >= 4 is 34.5 Å². The first-order valence-corrected chi connectivity index (χ1v) is 10.4. The second kappa shape index (κ2) is 7.00. The van der Waals surface area contributed by atoms with Gasteiger partial charge in [0, 0.05) is 22.5 Å². The molecule has 3 heterocycles. The summed E-state index contributed by atoms with van der Waals surface area (Å²) >= 11 is 1.80. The maximum Gasteiger partial charge on any atom is 0.292 e. The van der Waals surface area contributed by atoms with Gasteiger partial charge in [0.25, 0.3) is 5.91 Å². The van der Waals surface area contributed by atoms with Crippen molar-refractivity contribution in [3.8, 4) is 11.4 Å². The summed E-state index contributed by atoms with van der Waals surface area (Å²) in [5.74, 6) is 2.91. The zero-order chi connectivity index (χ0) is 20.0. The maximum absolute atomic E-state index is 13.1. The Balaban J connectivity index is 1.55. The van der Waals surface area contributed by atoms with E-state index in [2.05, 4.69) is 5.32 Å². The third kappa shape index (κ3) is 2.98. The topological polar surface area (TPSA) is 69.3 Å². The van der Waals surface area contributed by atoms with Gasteiger partial charge in [-0.2, -0.15) is 16.9 Å². The van der Waals surface area contributed by atoms with Crippen molar-refractivity contribution in [2.45, 2.75) is 18.4 Å². The molecular formula is C22H19N3O3S. The Morgan fingerprint density at radius 2 is 2.07 bits per heavy atom. The minimum atomic E-state index is -0.308. The average molecular weight is 405 g/mol. The number of nitrogens with one attached hydrogen (secondary N) is 1. The van der Waals surface area contributed by atoms with E-state index in [1.54, 1.807) is 24.9 Å². The highest BCUT2D eigenvalue weighted by Crippen LogP contribution is 2.37. The first-order valence-electron chi connectivity index (χ1n) is 9.28. The number of thioether (sulfide) groups is 1. The van der Waals surface area contributed by atoms with Gasteiger partial charge >= 0.3 is 0 Å². The molecule has 0 unspecified atom stereocenters. The van der Waals surface area contributed by atoms with Crippen LogP contribution in [0.25, 0.3) is 16.7 Å². The van der Waals surface area contributed by atoms with Crippen LogP contribution in [-0.4, -0.2) is 22.8 Å². The smallest absolute Gasteiger partial charge is 0.292 e. The highest BCUT2D eigenvalue weighted by molar-refractivity contribution is 7.98. The van der Waals surface area contributed by atoms with Crippen LogP contribution in [0, 0.1) is 6.92 Å². The zero-order valence-electron chi connectivity index (χ0n) is 16.1. The molecule has 1 aliphatic heterocycles. The highest BCUT2D eigenvalue weighted by Gasteiger charge is 2.26. The van der Waals surface area contributed by atoms with Gasteiger partial charge in [0.15, 0.2) is 17.1 Å². The van der Waals surface area contributed by atoms with Crippen LogP contribution in [0.4, 0.5) is 5.82 Å². The summed E-state index contributed by atoms with van der Waals surface area (Å²) in [5, 5.41) is 8.64. The highest BCUT2D eigenvalue weighted by atomic mass is 32.2. The minimum absolute atomic E-state index is 0.237. The Bertz CT molecular complexity index is 1240. The van der Waals surface area contributed by atoms with E-state index >= 15 is 0 Å². The lowest BCUT2D eigenvalue weighted by Crippen LogP contribution is -2.16. The number of amides is 1. The Morgan fingerprint density at radius 1 is 1.21 bits per heavy atom. The van der Waals surface area contributed by atoms with Crippen molar-refractivity contribution < 1.29 is 13.9 Å². The van der Waals surface area contributed by atoms with E-state index in [4.69, 9.17) is 14.3 Å². The van der Waals surface area contributed by atoms with Gasteiger partial charge in [-0.05, 0) is 30.7 Å². The zero-order valence-corrected chi connectivity index (χ0v) is 16.9. The summed E-state index contributed by atoms with van der Waals surface area (Å²) in [6.07, 6.45) is 0. The molecule has 2 aromatic carbocycles. The predicted octanol–water partition coefficient (Wildman–Crippen LogP) is 4.93. The summed E-state index contributed by atoms with van der Waals surface area (Å²) in [5.41, 5.74) is 4.69. The van der Waals surface area contributed by atoms with E-state index in [1.165, 1.54) is 0 Å². The molecule has 0 bridgehead atoms. The number of aromatic nitrogens is 2. The van der Waals surface area contributed by atoms with Gasteiger partial charge < -0.3 is 14.5 Å². The third-order valence-corrected chi connectivity index (χ3v) is 6.05. The van der Waals surface area contributed by atoms with Gasteiger partial charge in [-0.15, -0.1) is 0 Å². The summed E-state index contributed by atoms with van der Waals surface area (Å²) in [4.78, 5) is 13.1. The molecule has 0 saturated heterocycles. The van der Waals surface area contributed by atoms with E-state index in [-0.39, 0.29) is 11.7 Å². The van der Waals surface area contributed by atoms with Crippen molar-refractivity contribution in [1.82, 2.24) is 9.78 Å². The van der Waals surface area contributed by atoms with Crippen LogP contribution in [0.5, 0.6) is 5.75 Å². The Morgan fingerprint density at radius 3 is 2.90 bits per heavy atom. The lowest BCUT2D eigenvalue weighted by molar-refractivity contribution is 0.0997. The minimum Gasteiger partial charge on any atom is -0.493 e. The Hall–Kier alpha value is -3.19. The van der Waals surface area contributed by atoms with Crippen molar-refractivity contribution in [3.63, 3.8) is 0 Å². The largest absolute Gasteiger partial charge is 0.493 e. The number of hydrogen-bond donors (Lipinski definition) is 1. The van der Waals surface area contributed by atoms with Crippen molar-refractivity contribution in [3.05, 3.63) is 71.1 Å². The van der Waals surface area contributed by atoms with Gasteiger partial charge in [0.05, 0.1) is 18.5 Å². The number of hydrogen-bond acceptors (Lipinski definition) is 5. The van der Waals surface area contributed by atoms with E-state index in [9.17, 15) is 4.79 Å². The molecule has 0 aliphatic carbocycles. The van der Waals surface area contributed by atoms with Gasteiger partial charge in [-0.3, -0.25) is 4.79 Å². The lowest BCUT2D eigenvalue weighted by atomic mass is 10.2. The van der Waals surface area contributed by atoms with Crippen molar-refractivity contribution in [2.75, 3.05) is 12.4 Å². The summed E-state index contributed by atoms with van der Waals surface area (Å²) in [7, 11) is 1.58. The van der Waals surface area contributed by atoms with Crippen LogP contribution in [0.1, 0.15) is 27.4 Å². The van der Waals surface area contributed by atoms with Gasteiger partial charge in [0.2, 0.25) is 0 Å². The molecule has 1 N–H and O–H groups in total. The third-order valence-electron chi connectivity index (χ3n) is 5.08. The van der Waals surface area contributed by atoms with Crippen LogP contribution >= 0.6 is 11.8 Å². The van der Waals surface area contributed by atoms with Crippen molar-refractivity contribution in [2.24, 2.45) is 0 Å². The standard InChI is InChI=1S/C22H19N3O3S/c1-13-6-3-4-8-17(13)25-21(15-11-29-12-16(15)24-25)23-22(26)19-10-14-7-5-9-18(27-2)20(14)28-19/h3-10H,11-12H2,1-2H3,(H,23,26). The lowest BCUT2D eigenvalue weighted by Gasteiger charge is -2.12. The van der Waals surface area contributed by atoms with Crippen LogP contribution in [0.2, 0.25) is 0 Å². The van der Waals surface area contributed by atoms with Gasteiger partial charge in [-0.1, -0.05) is 30.3 Å². The average Bonchev–Trinajstić information content (AvgIpc) is 3.43. The van der Waals surface area contributed by atoms with E-state index in [1.807, 2.05) is 54.1 Å². The Labute approximate surface area is 171 Å². The molecule has 0 radical (unpaired) electrons. The monoisotopic (exact) mass is 405 g/mol. The van der Waals surface area contributed by atoms with Gasteiger partial charge in [-0.25, -0.2) is 4.68 Å². The first kappa shape index (κ1) is 17.9. The van der Waals surface area contributed by atoms with E-state index in [0.29, 0.717) is 17.2 Å². The molecule has 7 heteroatoms. The molecular weight excluding hydrogens is 386 g/mol. The quantitative estimate of drug-likeness (QED) is 0.521. The number of para-hydroxylation sites is 2. The number of ether oxygens (including phenoxy) is 1. The number of methoxy groups -OCH3 is 1. The molecule has 0 fully saturated rings. The fraction of sp³-hybridized carbons (Fsp3) is 0.182.